The van der Waals surface area contributed by atoms with Gasteiger partial charge in [-0.25, -0.2) is 8.42 Å². The predicted molar refractivity (Wildman–Crippen MR) is 75.9 cm³/mol. The summed E-state index contributed by atoms with van der Waals surface area (Å²) < 4.78 is 35.7. The van der Waals surface area contributed by atoms with Gasteiger partial charge in [0.2, 0.25) is 0 Å². The molecule has 1 aliphatic carbocycles. The van der Waals surface area contributed by atoms with Crippen LogP contribution in [0.2, 0.25) is 0 Å². The van der Waals surface area contributed by atoms with E-state index in [1.807, 2.05) is 13.8 Å². The third-order valence-electron chi connectivity index (χ3n) is 3.62. The second-order valence-corrected chi connectivity index (χ2v) is 8.31. The quantitative estimate of drug-likeness (QED) is 0.837. The predicted octanol–water partition coefficient (Wildman–Crippen LogP) is 2.35. The van der Waals surface area contributed by atoms with Gasteiger partial charge in [-0.2, -0.15) is 0 Å². The van der Waals surface area contributed by atoms with Crippen molar-refractivity contribution in [1.29, 1.82) is 0 Å². The molecular formula is C15H20O4S. The fourth-order valence-corrected chi connectivity index (χ4v) is 3.60. The summed E-state index contributed by atoms with van der Waals surface area (Å²) in [6.07, 6.45) is 3.15. The third-order valence-corrected chi connectivity index (χ3v) is 5.30. The molecule has 1 aromatic rings. The van der Waals surface area contributed by atoms with Crippen molar-refractivity contribution in [2.45, 2.75) is 49.7 Å². The summed E-state index contributed by atoms with van der Waals surface area (Å²) in [5.41, 5.74) is 0.721. The molecule has 0 amide bonds. The first-order valence-corrected chi connectivity index (χ1v) is 8.67. The molecule has 0 radical (unpaired) electrons. The lowest BCUT2D eigenvalue weighted by atomic mass is 10.0. The van der Waals surface area contributed by atoms with Crippen molar-refractivity contribution in [2.24, 2.45) is 0 Å². The van der Waals surface area contributed by atoms with Crippen molar-refractivity contribution in [1.82, 2.24) is 0 Å². The molecule has 0 saturated heterocycles. The Bertz CT molecular complexity index is 615. The maximum absolute atomic E-state index is 12.3. The molecule has 1 saturated carbocycles. The highest BCUT2D eigenvalue weighted by Gasteiger charge is 2.31. The molecule has 3 rings (SSSR count). The van der Waals surface area contributed by atoms with E-state index in [4.69, 9.17) is 9.47 Å². The van der Waals surface area contributed by atoms with Crippen LogP contribution in [0.1, 0.15) is 32.3 Å². The minimum absolute atomic E-state index is 0.0482. The van der Waals surface area contributed by atoms with E-state index >= 15 is 0 Å². The molecule has 20 heavy (non-hydrogen) atoms. The fourth-order valence-electron chi connectivity index (χ4n) is 2.46. The molecule has 1 aromatic carbocycles. The Morgan fingerprint density at radius 2 is 2.10 bits per heavy atom. The lowest BCUT2D eigenvalue weighted by Crippen LogP contribution is -2.24. The standard InChI is InChI=1S/C15H20O4S/c1-15(2)10-11-9-13(5-6-14(11)19-15)20(16,17)8-7-18-12-3-4-12/h5-6,9,12H,3-4,7-8,10H2,1-2H3. The summed E-state index contributed by atoms with van der Waals surface area (Å²) in [5.74, 6) is 0.843. The van der Waals surface area contributed by atoms with Crippen molar-refractivity contribution in [3.05, 3.63) is 23.8 Å². The first-order valence-electron chi connectivity index (χ1n) is 7.02. The van der Waals surface area contributed by atoms with Gasteiger partial charge in [0.1, 0.15) is 11.4 Å². The van der Waals surface area contributed by atoms with Gasteiger partial charge in [-0.15, -0.1) is 0 Å². The summed E-state index contributed by atoms with van der Waals surface area (Å²) in [6, 6.07) is 5.14. The van der Waals surface area contributed by atoms with Crippen LogP contribution < -0.4 is 4.74 Å². The molecule has 0 spiro atoms. The fraction of sp³-hybridized carbons (Fsp3) is 0.600. The molecule has 1 fully saturated rings. The van der Waals surface area contributed by atoms with E-state index in [1.54, 1.807) is 18.2 Å². The van der Waals surface area contributed by atoms with Gasteiger partial charge in [0.25, 0.3) is 0 Å². The Morgan fingerprint density at radius 3 is 2.80 bits per heavy atom. The van der Waals surface area contributed by atoms with Crippen LogP contribution in [0.3, 0.4) is 0 Å². The van der Waals surface area contributed by atoms with Gasteiger partial charge < -0.3 is 9.47 Å². The van der Waals surface area contributed by atoms with Gasteiger partial charge in [0, 0.05) is 6.42 Å². The molecule has 5 heteroatoms. The summed E-state index contributed by atoms with van der Waals surface area (Å²) in [7, 11) is -3.27. The Labute approximate surface area is 120 Å². The second-order valence-electron chi connectivity index (χ2n) is 6.20. The van der Waals surface area contributed by atoms with Crippen LogP contribution in [0, 0.1) is 0 Å². The highest BCUT2D eigenvalue weighted by atomic mass is 32.2. The monoisotopic (exact) mass is 296 g/mol. The molecule has 0 aromatic heterocycles. The van der Waals surface area contributed by atoms with Crippen molar-refractivity contribution in [2.75, 3.05) is 12.4 Å². The normalized spacial score (nSPS) is 20.5. The van der Waals surface area contributed by atoms with E-state index in [2.05, 4.69) is 0 Å². The zero-order valence-corrected chi connectivity index (χ0v) is 12.7. The molecule has 0 atom stereocenters. The number of fused-ring (bicyclic) bond motifs is 1. The average molecular weight is 296 g/mol. The number of benzene rings is 1. The molecular weight excluding hydrogens is 276 g/mol. The summed E-state index contributed by atoms with van der Waals surface area (Å²) in [5, 5.41) is 0. The van der Waals surface area contributed by atoms with Gasteiger partial charge in [0.05, 0.1) is 23.4 Å². The van der Waals surface area contributed by atoms with Crippen molar-refractivity contribution < 1.29 is 17.9 Å². The summed E-state index contributed by atoms with van der Waals surface area (Å²) >= 11 is 0. The van der Waals surface area contributed by atoms with E-state index in [9.17, 15) is 8.42 Å². The lowest BCUT2D eigenvalue weighted by Gasteiger charge is -2.16. The van der Waals surface area contributed by atoms with Gasteiger partial charge >= 0.3 is 0 Å². The van der Waals surface area contributed by atoms with Crippen LogP contribution in [0.25, 0.3) is 0 Å². The van der Waals surface area contributed by atoms with Crippen LogP contribution in [-0.2, 0) is 21.0 Å². The van der Waals surface area contributed by atoms with Crippen molar-refractivity contribution >= 4 is 9.84 Å². The number of hydrogen-bond donors (Lipinski definition) is 0. The number of ether oxygens (including phenoxy) is 2. The van der Waals surface area contributed by atoms with Gasteiger partial charge in [-0.1, -0.05) is 0 Å². The Hall–Kier alpha value is -1.07. The second kappa shape index (κ2) is 4.74. The maximum Gasteiger partial charge on any atom is 0.180 e. The van der Waals surface area contributed by atoms with E-state index < -0.39 is 9.84 Å². The van der Waals surface area contributed by atoms with Crippen molar-refractivity contribution in [3.8, 4) is 5.75 Å². The smallest absolute Gasteiger partial charge is 0.180 e. The van der Waals surface area contributed by atoms with Crippen LogP contribution in [0.5, 0.6) is 5.75 Å². The van der Waals surface area contributed by atoms with Crippen molar-refractivity contribution in [3.63, 3.8) is 0 Å². The average Bonchev–Trinajstić information content (AvgIpc) is 3.09. The molecule has 2 aliphatic rings. The van der Waals surface area contributed by atoms with Gasteiger partial charge in [0.15, 0.2) is 9.84 Å². The Kier molecular flexibility index (Phi) is 3.29. The summed E-state index contributed by atoms with van der Waals surface area (Å²) in [4.78, 5) is 0.372. The third kappa shape index (κ3) is 2.99. The highest BCUT2D eigenvalue weighted by Crippen LogP contribution is 2.36. The zero-order chi connectivity index (χ0) is 14.4. The maximum atomic E-state index is 12.3. The highest BCUT2D eigenvalue weighted by molar-refractivity contribution is 7.91. The molecule has 1 aliphatic heterocycles. The molecule has 110 valence electrons. The molecule has 1 heterocycles. The minimum atomic E-state index is -3.27. The number of rotatable bonds is 5. The van der Waals surface area contributed by atoms with E-state index in [0.717, 1.165) is 30.6 Å². The number of sulfone groups is 1. The van der Waals surface area contributed by atoms with Crippen LogP contribution >= 0.6 is 0 Å². The van der Waals surface area contributed by atoms with Crippen LogP contribution in [0.15, 0.2) is 23.1 Å². The molecule has 0 unspecified atom stereocenters. The minimum Gasteiger partial charge on any atom is -0.487 e. The SMILES string of the molecule is CC1(C)Cc2cc(S(=O)(=O)CCOC3CC3)ccc2O1. The Morgan fingerprint density at radius 1 is 1.35 bits per heavy atom. The van der Waals surface area contributed by atoms with Gasteiger partial charge in [-0.3, -0.25) is 0 Å². The molecule has 0 N–H and O–H groups in total. The van der Waals surface area contributed by atoms with E-state index in [1.165, 1.54) is 0 Å². The van der Waals surface area contributed by atoms with Gasteiger partial charge in [-0.05, 0) is 50.5 Å². The first-order chi connectivity index (χ1) is 9.36. The zero-order valence-electron chi connectivity index (χ0n) is 11.9. The lowest BCUT2D eigenvalue weighted by molar-refractivity contribution is 0.134. The molecule has 4 nitrogen and oxygen atoms in total. The van der Waals surface area contributed by atoms with Crippen LogP contribution in [0.4, 0.5) is 0 Å². The largest absolute Gasteiger partial charge is 0.487 e. The topological polar surface area (TPSA) is 52.6 Å². The van der Waals surface area contributed by atoms with E-state index in [0.29, 0.717) is 11.0 Å². The summed E-state index contributed by atoms with van der Waals surface area (Å²) in [6.45, 7) is 4.29. The van der Waals surface area contributed by atoms with E-state index in [-0.39, 0.29) is 18.0 Å². The molecule has 0 bridgehead atoms. The van der Waals surface area contributed by atoms with Crippen LogP contribution in [-0.4, -0.2) is 32.5 Å². The Balaban J connectivity index is 1.73. The number of hydrogen-bond acceptors (Lipinski definition) is 4. The first kappa shape index (κ1) is 13.9.